The fraction of sp³-hybridized carbons (Fsp3) is 0.857. The summed E-state index contributed by atoms with van der Waals surface area (Å²) in [6.07, 6.45) is 3.64. The first-order valence-electron chi connectivity index (χ1n) is 3.64. The van der Waals surface area contributed by atoms with Gasteiger partial charge in [0.1, 0.15) is 6.29 Å². The number of alkyl halides is 1. The highest BCUT2D eigenvalue weighted by Crippen LogP contribution is 2.09. The standard InChI is InChI=1S/C7H12INO/c8-7(6-10)5-9-3-1-2-4-9/h6-7H,1-5H2. The van der Waals surface area contributed by atoms with Crippen LogP contribution in [0, 0.1) is 0 Å². The van der Waals surface area contributed by atoms with Crippen molar-refractivity contribution in [3.8, 4) is 0 Å². The molecule has 1 aliphatic rings. The molecule has 2 nitrogen and oxygen atoms in total. The third-order valence-corrected chi connectivity index (χ3v) is 2.47. The number of aldehydes is 1. The summed E-state index contributed by atoms with van der Waals surface area (Å²) in [5.74, 6) is 0. The molecule has 0 amide bonds. The van der Waals surface area contributed by atoms with Gasteiger partial charge in [-0.15, -0.1) is 0 Å². The highest BCUT2D eigenvalue weighted by molar-refractivity contribution is 14.1. The van der Waals surface area contributed by atoms with Crippen molar-refractivity contribution in [1.29, 1.82) is 0 Å². The van der Waals surface area contributed by atoms with E-state index in [1.165, 1.54) is 25.9 Å². The number of halogens is 1. The van der Waals surface area contributed by atoms with Crippen LogP contribution in [0.1, 0.15) is 12.8 Å². The average Bonchev–Trinajstić information content (AvgIpc) is 2.40. The number of carbonyl (C=O) groups excluding carboxylic acids is 1. The first-order chi connectivity index (χ1) is 4.83. The predicted octanol–water partition coefficient (Wildman–Crippen LogP) is 1.08. The van der Waals surface area contributed by atoms with Crippen LogP contribution in [0.5, 0.6) is 0 Å². The lowest BCUT2D eigenvalue weighted by molar-refractivity contribution is -0.107. The van der Waals surface area contributed by atoms with Crippen LogP contribution in [-0.2, 0) is 4.79 Å². The monoisotopic (exact) mass is 253 g/mol. The van der Waals surface area contributed by atoms with Gasteiger partial charge >= 0.3 is 0 Å². The van der Waals surface area contributed by atoms with Crippen LogP contribution in [0.3, 0.4) is 0 Å². The summed E-state index contributed by atoms with van der Waals surface area (Å²) in [5, 5.41) is 0. The molecule has 0 radical (unpaired) electrons. The molecule has 0 aromatic heterocycles. The number of hydrogen-bond donors (Lipinski definition) is 0. The van der Waals surface area contributed by atoms with Crippen LogP contribution < -0.4 is 0 Å². The van der Waals surface area contributed by atoms with Gasteiger partial charge in [-0.25, -0.2) is 0 Å². The molecule has 10 heavy (non-hydrogen) atoms. The molecular formula is C7H12INO. The molecule has 1 unspecified atom stereocenters. The van der Waals surface area contributed by atoms with E-state index in [0.717, 1.165) is 12.8 Å². The van der Waals surface area contributed by atoms with Crippen LogP contribution in [0.15, 0.2) is 0 Å². The molecule has 0 spiro atoms. The maximum absolute atomic E-state index is 10.3. The Kier molecular flexibility index (Phi) is 3.62. The quantitative estimate of drug-likeness (QED) is 0.426. The second-order valence-corrected chi connectivity index (χ2v) is 4.26. The van der Waals surface area contributed by atoms with E-state index in [2.05, 4.69) is 27.5 Å². The summed E-state index contributed by atoms with van der Waals surface area (Å²) >= 11 is 2.19. The van der Waals surface area contributed by atoms with Crippen LogP contribution >= 0.6 is 22.6 Å². The summed E-state index contributed by atoms with van der Waals surface area (Å²) in [6, 6.07) is 0. The van der Waals surface area contributed by atoms with Crippen molar-refractivity contribution < 1.29 is 4.79 Å². The number of likely N-dealkylation sites (tertiary alicyclic amines) is 1. The second kappa shape index (κ2) is 4.28. The van der Waals surface area contributed by atoms with E-state index in [9.17, 15) is 4.79 Å². The molecule has 1 heterocycles. The lowest BCUT2D eigenvalue weighted by Gasteiger charge is -2.14. The van der Waals surface area contributed by atoms with Crippen LogP contribution in [0.2, 0.25) is 0 Å². The molecule has 0 aromatic rings. The molecule has 0 aromatic carbocycles. The van der Waals surface area contributed by atoms with Crippen molar-refractivity contribution >= 4 is 28.9 Å². The first-order valence-corrected chi connectivity index (χ1v) is 4.89. The fourth-order valence-corrected chi connectivity index (χ4v) is 1.81. The summed E-state index contributed by atoms with van der Waals surface area (Å²) < 4.78 is 0.190. The summed E-state index contributed by atoms with van der Waals surface area (Å²) in [4.78, 5) is 12.6. The van der Waals surface area contributed by atoms with Crippen molar-refractivity contribution in [2.75, 3.05) is 19.6 Å². The van der Waals surface area contributed by atoms with E-state index in [1.807, 2.05) is 0 Å². The fourth-order valence-electron chi connectivity index (χ4n) is 1.25. The van der Waals surface area contributed by atoms with Gasteiger partial charge in [0.25, 0.3) is 0 Å². The molecule has 0 aliphatic carbocycles. The summed E-state index contributed by atoms with van der Waals surface area (Å²) in [6.45, 7) is 3.32. The predicted molar refractivity (Wildman–Crippen MR) is 49.5 cm³/mol. The van der Waals surface area contributed by atoms with E-state index in [4.69, 9.17) is 0 Å². The Morgan fingerprint density at radius 3 is 2.60 bits per heavy atom. The minimum Gasteiger partial charge on any atom is -0.302 e. The number of rotatable bonds is 3. The van der Waals surface area contributed by atoms with Crippen molar-refractivity contribution in [2.45, 2.75) is 16.8 Å². The zero-order valence-corrected chi connectivity index (χ0v) is 8.08. The zero-order valence-electron chi connectivity index (χ0n) is 5.92. The second-order valence-electron chi connectivity index (χ2n) is 2.66. The lowest BCUT2D eigenvalue weighted by Crippen LogP contribution is -2.27. The SMILES string of the molecule is O=CC(I)CN1CCCC1. The van der Waals surface area contributed by atoms with Gasteiger partial charge in [0.15, 0.2) is 0 Å². The van der Waals surface area contributed by atoms with E-state index in [0.29, 0.717) is 0 Å². The Balaban J connectivity index is 2.17. The summed E-state index contributed by atoms with van der Waals surface area (Å²) in [5.41, 5.74) is 0. The largest absolute Gasteiger partial charge is 0.302 e. The van der Waals surface area contributed by atoms with Gasteiger partial charge in [-0.05, 0) is 25.9 Å². The Bertz CT molecular complexity index is 112. The van der Waals surface area contributed by atoms with E-state index >= 15 is 0 Å². The lowest BCUT2D eigenvalue weighted by atomic mass is 10.4. The van der Waals surface area contributed by atoms with Crippen LogP contribution in [0.4, 0.5) is 0 Å². The van der Waals surface area contributed by atoms with Gasteiger partial charge in [0.05, 0.1) is 3.92 Å². The van der Waals surface area contributed by atoms with Gasteiger partial charge < -0.3 is 9.69 Å². The van der Waals surface area contributed by atoms with Gasteiger partial charge in [0.2, 0.25) is 0 Å². The smallest absolute Gasteiger partial charge is 0.134 e. The minimum atomic E-state index is 0.190. The highest BCUT2D eigenvalue weighted by Gasteiger charge is 2.14. The number of carbonyl (C=O) groups is 1. The molecule has 0 saturated carbocycles. The normalized spacial score (nSPS) is 22.9. The molecule has 3 heteroatoms. The molecule has 58 valence electrons. The maximum atomic E-state index is 10.3. The molecule has 1 atom stereocenters. The first kappa shape index (κ1) is 8.46. The van der Waals surface area contributed by atoms with Crippen molar-refractivity contribution in [2.24, 2.45) is 0 Å². The van der Waals surface area contributed by atoms with E-state index in [-0.39, 0.29) is 3.92 Å². The molecule has 0 N–H and O–H groups in total. The van der Waals surface area contributed by atoms with Crippen molar-refractivity contribution in [3.63, 3.8) is 0 Å². The van der Waals surface area contributed by atoms with Crippen LogP contribution in [0.25, 0.3) is 0 Å². The van der Waals surface area contributed by atoms with Crippen LogP contribution in [-0.4, -0.2) is 34.7 Å². The molecule has 1 saturated heterocycles. The molecule has 1 aliphatic heterocycles. The van der Waals surface area contributed by atoms with E-state index in [1.54, 1.807) is 0 Å². The maximum Gasteiger partial charge on any atom is 0.134 e. The third-order valence-electron chi connectivity index (χ3n) is 1.78. The summed E-state index contributed by atoms with van der Waals surface area (Å²) in [7, 11) is 0. The molecule has 1 fully saturated rings. The Morgan fingerprint density at radius 1 is 1.50 bits per heavy atom. The minimum absolute atomic E-state index is 0.190. The van der Waals surface area contributed by atoms with E-state index < -0.39 is 0 Å². The van der Waals surface area contributed by atoms with Crippen molar-refractivity contribution in [1.82, 2.24) is 4.90 Å². The van der Waals surface area contributed by atoms with Gasteiger partial charge in [-0.1, -0.05) is 22.6 Å². The molecular weight excluding hydrogens is 241 g/mol. The number of nitrogens with zero attached hydrogens (tertiary/aromatic N) is 1. The highest BCUT2D eigenvalue weighted by atomic mass is 127. The molecule has 0 bridgehead atoms. The van der Waals surface area contributed by atoms with Gasteiger partial charge in [0, 0.05) is 6.54 Å². The Labute approximate surface area is 75.1 Å². The average molecular weight is 253 g/mol. The number of hydrogen-bond acceptors (Lipinski definition) is 2. The van der Waals surface area contributed by atoms with Gasteiger partial charge in [-0.2, -0.15) is 0 Å². The topological polar surface area (TPSA) is 20.3 Å². The zero-order chi connectivity index (χ0) is 7.40. The van der Waals surface area contributed by atoms with Crippen molar-refractivity contribution in [3.05, 3.63) is 0 Å². The Hall–Kier alpha value is 0.360. The molecule has 1 rings (SSSR count). The third kappa shape index (κ3) is 2.54. The Morgan fingerprint density at radius 2 is 2.10 bits per heavy atom. The van der Waals surface area contributed by atoms with Gasteiger partial charge in [-0.3, -0.25) is 0 Å².